The predicted molar refractivity (Wildman–Crippen MR) is 70.7 cm³/mol. The molecule has 1 rings (SSSR count). The standard InChI is InChI=1S/C13H19O3P/c1-3-5-8-12-9-6-7-10-13(12)17(14,15)16-11-4-2/h4,6-7,9-10H,2-3,5,8,11H2,1H3,(H,14,15). The van der Waals surface area contributed by atoms with E-state index in [4.69, 9.17) is 4.52 Å². The minimum atomic E-state index is -3.71. The summed E-state index contributed by atoms with van der Waals surface area (Å²) in [5.41, 5.74) is 0.893. The topological polar surface area (TPSA) is 46.5 Å². The monoisotopic (exact) mass is 254 g/mol. The lowest BCUT2D eigenvalue weighted by molar-refractivity contribution is 0.298. The van der Waals surface area contributed by atoms with Crippen molar-refractivity contribution >= 4 is 12.9 Å². The first-order chi connectivity index (χ1) is 8.11. The maximum absolute atomic E-state index is 12.0. The van der Waals surface area contributed by atoms with Gasteiger partial charge in [0.05, 0.1) is 11.9 Å². The summed E-state index contributed by atoms with van der Waals surface area (Å²) in [5.74, 6) is 0. The Bertz CT molecular complexity index is 415. The lowest BCUT2D eigenvalue weighted by atomic mass is 10.1. The van der Waals surface area contributed by atoms with Crippen LogP contribution in [0.4, 0.5) is 0 Å². The normalized spacial score (nSPS) is 14.2. The fourth-order valence-electron chi connectivity index (χ4n) is 1.59. The third kappa shape index (κ3) is 4.12. The van der Waals surface area contributed by atoms with Crippen molar-refractivity contribution in [3.63, 3.8) is 0 Å². The van der Waals surface area contributed by atoms with Gasteiger partial charge in [0.25, 0.3) is 0 Å². The molecule has 1 atom stereocenters. The average molecular weight is 254 g/mol. The first-order valence-corrected chi connectivity index (χ1v) is 7.36. The Hall–Kier alpha value is -0.890. The van der Waals surface area contributed by atoms with Crippen LogP contribution in [-0.4, -0.2) is 11.5 Å². The smallest absolute Gasteiger partial charge is 0.321 e. The lowest BCUT2D eigenvalue weighted by Crippen LogP contribution is -2.13. The zero-order valence-electron chi connectivity index (χ0n) is 10.1. The van der Waals surface area contributed by atoms with Crippen molar-refractivity contribution in [2.45, 2.75) is 26.2 Å². The summed E-state index contributed by atoms with van der Waals surface area (Å²) in [7, 11) is -3.71. The summed E-state index contributed by atoms with van der Waals surface area (Å²) in [4.78, 5) is 9.88. The SMILES string of the molecule is C=CCOP(=O)(O)c1ccccc1CCCC. The molecule has 0 spiro atoms. The molecular formula is C13H19O3P. The van der Waals surface area contributed by atoms with Crippen LogP contribution in [0.15, 0.2) is 36.9 Å². The van der Waals surface area contributed by atoms with Gasteiger partial charge in [-0.1, -0.05) is 37.6 Å². The Balaban J connectivity index is 2.94. The van der Waals surface area contributed by atoms with Gasteiger partial charge in [-0.15, -0.1) is 6.58 Å². The minimum absolute atomic E-state index is 0.0793. The van der Waals surface area contributed by atoms with Crippen molar-refractivity contribution in [1.29, 1.82) is 0 Å². The van der Waals surface area contributed by atoms with Crippen LogP contribution in [0, 0.1) is 0 Å². The van der Waals surface area contributed by atoms with Gasteiger partial charge < -0.3 is 9.42 Å². The highest BCUT2D eigenvalue weighted by Crippen LogP contribution is 2.41. The molecular weight excluding hydrogens is 235 g/mol. The molecule has 0 aliphatic carbocycles. The average Bonchev–Trinajstić information content (AvgIpc) is 2.34. The number of benzene rings is 1. The van der Waals surface area contributed by atoms with Gasteiger partial charge in [0.2, 0.25) is 0 Å². The second-order valence-corrected chi connectivity index (χ2v) is 5.62. The Kier molecular flexibility index (Phi) is 5.63. The molecule has 1 aromatic carbocycles. The van der Waals surface area contributed by atoms with E-state index in [0.717, 1.165) is 24.8 Å². The Morgan fingerprint density at radius 3 is 2.82 bits per heavy atom. The van der Waals surface area contributed by atoms with E-state index in [9.17, 15) is 9.46 Å². The summed E-state index contributed by atoms with van der Waals surface area (Å²) >= 11 is 0. The van der Waals surface area contributed by atoms with Crippen LogP contribution in [-0.2, 0) is 15.5 Å². The van der Waals surface area contributed by atoms with E-state index in [1.54, 1.807) is 12.1 Å². The van der Waals surface area contributed by atoms with Crippen molar-refractivity contribution in [3.05, 3.63) is 42.5 Å². The fraction of sp³-hybridized carbons (Fsp3) is 0.385. The third-order valence-corrected chi connectivity index (χ3v) is 4.01. The summed E-state index contributed by atoms with van der Waals surface area (Å²) in [6.07, 6.45) is 4.32. The van der Waals surface area contributed by atoms with Crippen LogP contribution in [0.5, 0.6) is 0 Å². The van der Waals surface area contributed by atoms with Crippen molar-refractivity contribution in [1.82, 2.24) is 0 Å². The first kappa shape index (κ1) is 14.2. The largest absolute Gasteiger partial charge is 0.359 e. The van der Waals surface area contributed by atoms with Crippen molar-refractivity contribution in [2.24, 2.45) is 0 Å². The molecule has 1 N–H and O–H groups in total. The van der Waals surface area contributed by atoms with Gasteiger partial charge >= 0.3 is 7.60 Å². The zero-order chi connectivity index (χ0) is 12.7. The highest BCUT2D eigenvalue weighted by atomic mass is 31.2. The van der Waals surface area contributed by atoms with E-state index >= 15 is 0 Å². The molecule has 17 heavy (non-hydrogen) atoms. The van der Waals surface area contributed by atoms with Crippen LogP contribution in [0.2, 0.25) is 0 Å². The van der Waals surface area contributed by atoms with Gasteiger partial charge in [-0.3, -0.25) is 4.57 Å². The van der Waals surface area contributed by atoms with Gasteiger partial charge in [0.1, 0.15) is 0 Å². The maximum Gasteiger partial charge on any atom is 0.359 e. The van der Waals surface area contributed by atoms with Crippen LogP contribution in [0.25, 0.3) is 0 Å². The molecule has 0 bridgehead atoms. The molecule has 0 amide bonds. The Labute approximate surface area is 103 Å². The number of unbranched alkanes of at least 4 members (excludes halogenated alkanes) is 1. The second-order valence-electron chi connectivity index (χ2n) is 3.84. The molecule has 0 aliphatic heterocycles. The molecule has 1 aromatic rings. The number of hydrogen-bond acceptors (Lipinski definition) is 2. The van der Waals surface area contributed by atoms with Gasteiger partial charge in [-0.2, -0.15) is 0 Å². The number of rotatable bonds is 7. The van der Waals surface area contributed by atoms with E-state index in [2.05, 4.69) is 13.5 Å². The third-order valence-electron chi connectivity index (χ3n) is 2.46. The quantitative estimate of drug-likeness (QED) is 0.601. The zero-order valence-corrected chi connectivity index (χ0v) is 11.0. The van der Waals surface area contributed by atoms with Crippen molar-refractivity contribution < 1.29 is 14.0 Å². The van der Waals surface area contributed by atoms with E-state index in [1.165, 1.54) is 6.08 Å². The Morgan fingerprint density at radius 2 is 2.18 bits per heavy atom. The summed E-state index contributed by atoms with van der Waals surface area (Å²) in [6, 6.07) is 7.17. The van der Waals surface area contributed by atoms with Gasteiger partial charge in [0.15, 0.2) is 0 Å². The number of aryl methyl sites for hydroxylation is 1. The second kappa shape index (κ2) is 6.75. The van der Waals surface area contributed by atoms with Crippen LogP contribution in [0.3, 0.4) is 0 Å². The van der Waals surface area contributed by atoms with Gasteiger partial charge in [-0.05, 0) is 24.5 Å². The van der Waals surface area contributed by atoms with E-state index < -0.39 is 7.60 Å². The van der Waals surface area contributed by atoms with Gasteiger partial charge in [0, 0.05) is 0 Å². The summed E-state index contributed by atoms with van der Waals surface area (Å²) in [6.45, 7) is 5.64. The van der Waals surface area contributed by atoms with Crippen LogP contribution >= 0.6 is 7.60 Å². The molecule has 4 heteroatoms. The molecule has 1 unspecified atom stereocenters. The summed E-state index contributed by atoms with van der Waals surface area (Å²) in [5, 5.41) is 0.412. The van der Waals surface area contributed by atoms with E-state index in [1.807, 2.05) is 12.1 Å². The Morgan fingerprint density at radius 1 is 1.47 bits per heavy atom. The minimum Gasteiger partial charge on any atom is -0.321 e. The highest BCUT2D eigenvalue weighted by molar-refractivity contribution is 7.61. The van der Waals surface area contributed by atoms with Crippen LogP contribution in [0.1, 0.15) is 25.3 Å². The highest BCUT2D eigenvalue weighted by Gasteiger charge is 2.24. The van der Waals surface area contributed by atoms with Crippen LogP contribution < -0.4 is 5.30 Å². The van der Waals surface area contributed by atoms with Gasteiger partial charge in [-0.25, -0.2) is 0 Å². The molecule has 0 aliphatic rings. The molecule has 0 saturated heterocycles. The fourth-order valence-corrected chi connectivity index (χ4v) is 2.86. The number of hydrogen-bond donors (Lipinski definition) is 1. The molecule has 94 valence electrons. The molecule has 0 heterocycles. The molecule has 0 radical (unpaired) electrons. The predicted octanol–water partition coefficient (Wildman–Crippen LogP) is 3.04. The molecule has 0 fully saturated rings. The lowest BCUT2D eigenvalue weighted by Gasteiger charge is -2.15. The van der Waals surface area contributed by atoms with E-state index in [0.29, 0.717) is 5.30 Å². The summed E-state index contributed by atoms with van der Waals surface area (Å²) < 4.78 is 17.0. The van der Waals surface area contributed by atoms with Crippen molar-refractivity contribution in [2.75, 3.05) is 6.61 Å². The maximum atomic E-state index is 12.0. The van der Waals surface area contributed by atoms with Crippen molar-refractivity contribution in [3.8, 4) is 0 Å². The van der Waals surface area contributed by atoms with E-state index in [-0.39, 0.29) is 6.61 Å². The first-order valence-electron chi connectivity index (χ1n) is 5.78. The molecule has 3 nitrogen and oxygen atoms in total. The molecule has 0 aromatic heterocycles. The molecule has 0 saturated carbocycles.